The van der Waals surface area contributed by atoms with Crippen LogP contribution >= 0.6 is 11.8 Å². The number of piperazine rings is 1. The number of hydrogen-bond acceptors (Lipinski definition) is 3. The molecule has 20 heavy (non-hydrogen) atoms. The Kier molecular flexibility index (Phi) is 4.59. The summed E-state index contributed by atoms with van der Waals surface area (Å²) in [6.07, 6.45) is 0. The molecule has 1 aliphatic rings. The molecule has 0 aliphatic carbocycles. The van der Waals surface area contributed by atoms with Crippen molar-refractivity contribution in [2.24, 2.45) is 0 Å². The molecular weight excluding hydrogens is 289 g/mol. The third kappa shape index (κ3) is 3.89. The molecule has 0 aromatic heterocycles. The predicted octanol–water partition coefficient (Wildman–Crippen LogP) is 2.73. The highest BCUT2D eigenvalue weighted by atomic mass is 32.2. The van der Waals surface area contributed by atoms with Gasteiger partial charge in [0.25, 0.3) is 5.91 Å². The van der Waals surface area contributed by atoms with Gasteiger partial charge in [-0.1, -0.05) is 0 Å². The van der Waals surface area contributed by atoms with Crippen LogP contribution in [0.25, 0.3) is 0 Å². The van der Waals surface area contributed by atoms with E-state index in [1.54, 1.807) is 4.90 Å². The van der Waals surface area contributed by atoms with E-state index in [1.165, 1.54) is 24.3 Å². The molecule has 7 heteroatoms. The van der Waals surface area contributed by atoms with Crippen molar-refractivity contribution >= 4 is 17.7 Å². The fourth-order valence-electron chi connectivity index (χ4n) is 2.11. The topological polar surface area (TPSA) is 32.3 Å². The van der Waals surface area contributed by atoms with E-state index in [9.17, 15) is 18.0 Å². The Hall–Kier alpha value is -1.21. The summed E-state index contributed by atoms with van der Waals surface area (Å²) in [6.45, 7) is 4.02. The number of nitrogens with one attached hydrogen (secondary N) is 1. The number of carbonyl (C=O) groups is 1. The van der Waals surface area contributed by atoms with Crippen LogP contribution in [0.1, 0.15) is 17.3 Å². The summed E-state index contributed by atoms with van der Waals surface area (Å²) in [6, 6.07) is 5.65. The maximum Gasteiger partial charge on any atom is 0.446 e. The molecule has 1 N–H and O–H groups in total. The van der Waals surface area contributed by atoms with Crippen molar-refractivity contribution in [3.8, 4) is 0 Å². The van der Waals surface area contributed by atoms with Crippen molar-refractivity contribution in [2.45, 2.75) is 23.4 Å². The third-order valence-corrected chi connectivity index (χ3v) is 3.84. The molecule has 0 saturated carbocycles. The Morgan fingerprint density at radius 1 is 1.35 bits per heavy atom. The standard InChI is InChI=1S/C13H15F3N2OS/c1-9-8-17-6-7-18(9)12(19)10-2-4-11(5-3-10)20-13(14,15)16/h2-5,9,17H,6-8H2,1H3/t9-/m1/s1. The van der Waals surface area contributed by atoms with Crippen molar-refractivity contribution in [3.63, 3.8) is 0 Å². The molecule has 3 nitrogen and oxygen atoms in total. The van der Waals surface area contributed by atoms with Crippen molar-refractivity contribution in [2.75, 3.05) is 19.6 Å². The van der Waals surface area contributed by atoms with E-state index in [1.807, 2.05) is 6.92 Å². The maximum atomic E-state index is 12.3. The number of rotatable bonds is 2. The van der Waals surface area contributed by atoms with Gasteiger partial charge in [0.1, 0.15) is 0 Å². The minimum Gasteiger partial charge on any atom is -0.333 e. The van der Waals surface area contributed by atoms with E-state index in [0.717, 1.165) is 13.1 Å². The molecule has 1 heterocycles. The molecule has 2 rings (SSSR count). The summed E-state index contributed by atoms with van der Waals surface area (Å²) in [5.41, 5.74) is -3.89. The minimum absolute atomic E-state index is 0.0838. The molecule has 1 atom stereocenters. The lowest BCUT2D eigenvalue weighted by Crippen LogP contribution is -2.52. The van der Waals surface area contributed by atoms with Gasteiger partial charge in [0, 0.05) is 36.1 Å². The van der Waals surface area contributed by atoms with Gasteiger partial charge in [-0.25, -0.2) is 0 Å². The largest absolute Gasteiger partial charge is 0.446 e. The molecule has 0 spiro atoms. The fraction of sp³-hybridized carbons (Fsp3) is 0.462. The summed E-state index contributed by atoms with van der Waals surface area (Å²) in [5, 5.41) is 3.18. The maximum absolute atomic E-state index is 12.3. The third-order valence-electron chi connectivity index (χ3n) is 3.10. The van der Waals surface area contributed by atoms with E-state index >= 15 is 0 Å². The average molecular weight is 304 g/mol. The van der Waals surface area contributed by atoms with Gasteiger partial charge in [-0.15, -0.1) is 0 Å². The van der Waals surface area contributed by atoms with Gasteiger partial charge in [0.05, 0.1) is 0 Å². The fourth-order valence-corrected chi connectivity index (χ4v) is 2.65. The summed E-state index contributed by atoms with van der Waals surface area (Å²) in [5.74, 6) is -0.137. The molecule has 0 bridgehead atoms. The van der Waals surface area contributed by atoms with Crippen LogP contribution in [0.5, 0.6) is 0 Å². The number of thioether (sulfide) groups is 1. The number of alkyl halides is 3. The van der Waals surface area contributed by atoms with E-state index in [2.05, 4.69) is 5.32 Å². The predicted molar refractivity (Wildman–Crippen MR) is 71.7 cm³/mol. The second-order valence-electron chi connectivity index (χ2n) is 4.62. The first-order chi connectivity index (χ1) is 9.37. The smallest absolute Gasteiger partial charge is 0.333 e. The second-order valence-corrected chi connectivity index (χ2v) is 5.76. The molecular formula is C13H15F3N2OS. The molecule has 1 aliphatic heterocycles. The molecule has 110 valence electrons. The van der Waals surface area contributed by atoms with Gasteiger partial charge < -0.3 is 10.2 Å². The van der Waals surface area contributed by atoms with Crippen LogP contribution in [0.15, 0.2) is 29.2 Å². The van der Waals surface area contributed by atoms with Crippen molar-refractivity contribution in [1.29, 1.82) is 0 Å². The zero-order valence-electron chi connectivity index (χ0n) is 10.9. The van der Waals surface area contributed by atoms with Crippen LogP contribution in [-0.2, 0) is 0 Å². The van der Waals surface area contributed by atoms with Gasteiger partial charge in [-0.3, -0.25) is 4.79 Å². The first-order valence-corrected chi connectivity index (χ1v) is 7.06. The lowest BCUT2D eigenvalue weighted by atomic mass is 10.1. The van der Waals surface area contributed by atoms with E-state index in [-0.39, 0.29) is 28.6 Å². The number of carbonyl (C=O) groups excluding carboxylic acids is 1. The lowest BCUT2D eigenvalue weighted by Gasteiger charge is -2.34. The SMILES string of the molecule is C[C@@H]1CNCCN1C(=O)c1ccc(SC(F)(F)F)cc1. The van der Waals surface area contributed by atoms with Crippen LogP contribution in [0, 0.1) is 0 Å². The van der Waals surface area contributed by atoms with Gasteiger partial charge in [-0.2, -0.15) is 13.2 Å². The van der Waals surface area contributed by atoms with Gasteiger partial charge in [0.15, 0.2) is 0 Å². The number of amides is 1. The Bertz CT molecular complexity index is 475. The van der Waals surface area contributed by atoms with E-state index in [4.69, 9.17) is 0 Å². The summed E-state index contributed by atoms with van der Waals surface area (Å²) < 4.78 is 36.7. The molecule has 0 radical (unpaired) electrons. The molecule has 1 aromatic rings. The number of hydrogen-bond donors (Lipinski definition) is 1. The Balaban J connectivity index is 2.07. The zero-order chi connectivity index (χ0) is 14.8. The Morgan fingerprint density at radius 2 is 2.00 bits per heavy atom. The van der Waals surface area contributed by atoms with Crippen LogP contribution in [0.3, 0.4) is 0 Å². The van der Waals surface area contributed by atoms with Gasteiger partial charge in [0.2, 0.25) is 0 Å². The number of nitrogens with zero attached hydrogens (tertiary/aromatic N) is 1. The highest BCUT2D eigenvalue weighted by molar-refractivity contribution is 8.00. The lowest BCUT2D eigenvalue weighted by molar-refractivity contribution is -0.0328. The highest BCUT2D eigenvalue weighted by Gasteiger charge is 2.29. The van der Waals surface area contributed by atoms with Crippen molar-refractivity contribution < 1.29 is 18.0 Å². The van der Waals surface area contributed by atoms with Crippen molar-refractivity contribution in [3.05, 3.63) is 29.8 Å². The number of benzene rings is 1. The summed E-state index contributed by atoms with van der Waals surface area (Å²) >= 11 is -0.178. The summed E-state index contributed by atoms with van der Waals surface area (Å²) in [4.78, 5) is 14.1. The van der Waals surface area contributed by atoms with E-state index in [0.29, 0.717) is 12.1 Å². The van der Waals surface area contributed by atoms with Crippen LogP contribution in [0.2, 0.25) is 0 Å². The molecule has 1 saturated heterocycles. The highest BCUT2D eigenvalue weighted by Crippen LogP contribution is 2.36. The number of halogens is 3. The molecule has 1 aromatic carbocycles. The second kappa shape index (κ2) is 6.05. The molecule has 1 fully saturated rings. The van der Waals surface area contributed by atoms with Gasteiger partial charge in [-0.05, 0) is 43.0 Å². The zero-order valence-corrected chi connectivity index (χ0v) is 11.7. The average Bonchev–Trinajstić information content (AvgIpc) is 2.37. The first kappa shape index (κ1) is 15.2. The van der Waals surface area contributed by atoms with Crippen LogP contribution < -0.4 is 5.32 Å². The summed E-state index contributed by atoms with van der Waals surface area (Å²) in [7, 11) is 0. The minimum atomic E-state index is -4.31. The van der Waals surface area contributed by atoms with Crippen LogP contribution in [0.4, 0.5) is 13.2 Å². The Labute approximate surface area is 119 Å². The Morgan fingerprint density at radius 3 is 2.55 bits per heavy atom. The normalized spacial score (nSPS) is 20.0. The van der Waals surface area contributed by atoms with Gasteiger partial charge >= 0.3 is 5.51 Å². The first-order valence-electron chi connectivity index (χ1n) is 6.24. The quantitative estimate of drug-likeness (QED) is 0.853. The molecule has 1 amide bonds. The van der Waals surface area contributed by atoms with Crippen LogP contribution in [-0.4, -0.2) is 42.0 Å². The monoisotopic (exact) mass is 304 g/mol. The van der Waals surface area contributed by atoms with Crippen molar-refractivity contribution in [1.82, 2.24) is 10.2 Å². The van der Waals surface area contributed by atoms with E-state index < -0.39 is 5.51 Å². The molecule has 0 unspecified atom stereocenters.